The summed E-state index contributed by atoms with van der Waals surface area (Å²) in [4.78, 5) is 20.2. The van der Waals surface area contributed by atoms with Crippen molar-refractivity contribution >= 4 is 17.4 Å². The number of ether oxygens (including phenoxy) is 2. The van der Waals surface area contributed by atoms with Crippen molar-refractivity contribution < 1.29 is 34.7 Å². The number of carbonyl (C=O) groups is 1. The van der Waals surface area contributed by atoms with Gasteiger partial charge in [-0.25, -0.2) is 4.98 Å². The zero-order chi connectivity index (χ0) is 42.0. The molecule has 6 rings (SSSR count). The van der Waals surface area contributed by atoms with Crippen molar-refractivity contribution in [3.05, 3.63) is 122 Å². The average Bonchev–Trinajstić information content (AvgIpc) is 3.21. The topological polar surface area (TPSA) is 166 Å². The van der Waals surface area contributed by atoms with E-state index in [2.05, 4.69) is 46.7 Å². The number of hydrogen-bond donors (Lipinski definition) is 6. The molecule has 0 aliphatic carbocycles. The summed E-state index contributed by atoms with van der Waals surface area (Å²) < 4.78 is 11.0. The number of pyridine rings is 2. The summed E-state index contributed by atoms with van der Waals surface area (Å²) in [6, 6.07) is 19.3. The van der Waals surface area contributed by atoms with Gasteiger partial charge in [0.2, 0.25) is 11.7 Å². The Bertz CT molecular complexity index is 1620. The molecule has 3 aromatic rings. The second-order valence-corrected chi connectivity index (χ2v) is 15.2. The molecule has 0 radical (unpaired) electrons. The molecule has 11 heteroatoms. The fourth-order valence-corrected chi connectivity index (χ4v) is 6.39. The maximum Gasteiger partial charge on any atom is 0.232 e. The summed E-state index contributed by atoms with van der Waals surface area (Å²) in [7, 11) is 1.85. The van der Waals surface area contributed by atoms with Gasteiger partial charge < -0.3 is 40.5 Å². The second kappa shape index (κ2) is 22.5. The van der Waals surface area contributed by atoms with Crippen molar-refractivity contribution in [2.24, 2.45) is 17.3 Å². The van der Waals surface area contributed by atoms with E-state index in [1.54, 1.807) is 39.4 Å². The first-order chi connectivity index (χ1) is 26.5. The predicted octanol–water partition coefficient (Wildman–Crippen LogP) is 7.13. The molecule has 3 saturated heterocycles. The van der Waals surface area contributed by atoms with Gasteiger partial charge in [0.25, 0.3) is 0 Å². The number of anilines is 2. The van der Waals surface area contributed by atoms with Crippen LogP contribution in [-0.2, 0) is 20.7 Å². The summed E-state index contributed by atoms with van der Waals surface area (Å²) >= 11 is 0. The van der Waals surface area contributed by atoms with E-state index in [1.165, 1.54) is 12.5 Å². The van der Waals surface area contributed by atoms with Crippen LogP contribution in [0.15, 0.2) is 116 Å². The van der Waals surface area contributed by atoms with Crippen molar-refractivity contribution in [3.8, 4) is 0 Å². The number of amides is 1. The number of aliphatic hydroxyl groups excluding tert-OH is 3. The summed E-state index contributed by atoms with van der Waals surface area (Å²) in [6.07, 6.45) is 13.7. The second-order valence-electron chi connectivity index (χ2n) is 15.2. The lowest BCUT2D eigenvalue weighted by Gasteiger charge is -2.70. The molecule has 0 saturated carbocycles. The van der Waals surface area contributed by atoms with E-state index in [0.29, 0.717) is 5.92 Å². The Kier molecular flexibility index (Phi) is 19.2. The number of nitrogens with zero attached hydrogens (tertiary/aromatic N) is 2. The number of aromatic nitrogens is 2. The molecule has 11 nitrogen and oxygen atoms in total. The number of allylic oxidation sites excluding steroid dienone is 4. The van der Waals surface area contributed by atoms with Gasteiger partial charge in [0.15, 0.2) is 0 Å². The van der Waals surface area contributed by atoms with E-state index in [9.17, 15) is 25.2 Å². The van der Waals surface area contributed by atoms with Crippen LogP contribution >= 0.6 is 0 Å². The number of nitrogens with one attached hydrogen (secondary N) is 2. The van der Waals surface area contributed by atoms with Gasteiger partial charge in [-0.2, -0.15) is 0 Å². The Morgan fingerprint density at radius 1 is 1.00 bits per heavy atom. The minimum atomic E-state index is -1.39. The Morgan fingerprint density at radius 2 is 1.64 bits per heavy atom. The number of carbonyl (C=O) groups excluding carboxylic acids is 1. The van der Waals surface area contributed by atoms with Gasteiger partial charge in [0.1, 0.15) is 29.7 Å². The van der Waals surface area contributed by atoms with Gasteiger partial charge >= 0.3 is 0 Å². The van der Waals surface area contributed by atoms with E-state index in [4.69, 9.17) is 9.47 Å². The Balaban J connectivity index is 0.000000300. The Labute approximate surface area is 334 Å². The zero-order valence-corrected chi connectivity index (χ0v) is 34.6. The van der Waals surface area contributed by atoms with Gasteiger partial charge in [0, 0.05) is 31.3 Å². The number of hydrogen-bond acceptors (Lipinski definition) is 10. The lowest BCUT2D eigenvalue weighted by molar-refractivity contribution is -0.546. The van der Waals surface area contributed by atoms with Gasteiger partial charge in [-0.05, 0) is 100 Å². The smallest absolute Gasteiger partial charge is 0.232 e. The summed E-state index contributed by atoms with van der Waals surface area (Å²) in [5.74, 6) is -0.146. The maximum atomic E-state index is 12.4. The molecular weight excluding hydrogens is 709 g/mol. The van der Waals surface area contributed by atoms with Gasteiger partial charge in [0.05, 0.1) is 18.1 Å². The number of rotatable bonds is 14. The van der Waals surface area contributed by atoms with Crippen LogP contribution < -0.4 is 10.6 Å². The molecule has 1 aromatic carbocycles. The van der Waals surface area contributed by atoms with Crippen molar-refractivity contribution in [2.45, 2.75) is 103 Å². The Hall–Kier alpha value is -4.23. The molecule has 2 aromatic heterocycles. The molecule has 308 valence electrons. The van der Waals surface area contributed by atoms with Crippen LogP contribution in [0.5, 0.6) is 0 Å². The van der Waals surface area contributed by atoms with E-state index in [1.807, 2.05) is 93.7 Å². The molecule has 6 N–H and O–H groups in total. The number of aliphatic hydroxyl groups is 4. The third-order valence-electron chi connectivity index (χ3n) is 10.3. The van der Waals surface area contributed by atoms with Crippen LogP contribution in [-0.4, -0.2) is 85.8 Å². The maximum absolute atomic E-state index is 12.4. The van der Waals surface area contributed by atoms with Crippen molar-refractivity contribution in [1.82, 2.24) is 9.97 Å². The van der Waals surface area contributed by atoms with Crippen LogP contribution in [0.1, 0.15) is 73.3 Å². The molecule has 6 atom stereocenters. The zero-order valence-electron chi connectivity index (χ0n) is 34.6. The van der Waals surface area contributed by atoms with E-state index >= 15 is 0 Å². The number of benzene rings is 1. The highest BCUT2D eigenvalue weighted by Gasteiger charge is 2.79. The van der Waals surface area contributed by atoms with Gasteiger partial charge in [-0.3, -0.25) is 9.78 Å². The van der Waals surface area contributed by atoms with Gasteiger partial charge in [-0.1, -0.05) is 88.9 Å². The largest absolute Gasteiger partial charge is 0.395 e. The van der Waals surface area contributed by atoms with Crippen molar-refractivity contribution in [1.29, 1.82) is 0 Å². The molecule has 56 heavy (non-hydrogen) atoms. The van der Waals surface area contributed by atoms with E-state index in [0.717, 1.165) is 42.8 Å². The standard InChI is InChI=1S/C23H33NO2.C11H20O5.C6H8N2.C5H5N/c1-6-11-18(8-3)19(12-7-2)15-16-20-13-9-10-14-21(20)24-22(26)23(4,5)17-25;1-6(2)7-8(13)9(3)10(4,14)11(5-12,15-7)16-9;1-7-6-4-2-3-5-8-6;1-2-4-6-5-3-1/h6,8-11,13-14,19,25H,1,3,7,12,15-17H2,2,4-5H3,(H,24,26);6-8,12-14H,5H2,1-4H3;2-5H,1H3,(H,7,8);1-5H/b18-11+;;;/t19-;;;/m1.../s1. The predicted molar refractivity (Wildman–Crippen MR) is 225 cm³/mol. The van der Waals surface area contributed by atoms with Crippen LogP contribution in [0.3, 0.4) is 0 Å². The molecule has 5 heterocycles. The molecular formula is C45H66N4O7. The van der Waals surface area contributed by atoms with E-state index in [-0.39, 0.29) is 18.4 Å². The molecule has 3 fully saturated rings. The molecule has 1 amide bonds. The Morgan fingerprint density at radius 3 is 2.09 bits per heavy atom. The molecule has 0 spiro atoms. The van der Waals surface area contributed by atoms with Crippen LogP contribution in [0, 0.1) is 17.3 Å². The van der Waals surface area contributed by atoms with Crippen molar-refractivity contribution in [2.75, 3.05) is 30.9 Å². The fourth-order valence-electron chi connectivity index (χ4n) is 6.39. The summed E-state index contributed by atoms with van der Waals surface area (Å²) in [5.41, 5.74) is -0.132. The van der Waals surface area contributed by atoms with E-state index < -0.39 is 41.2 Å². The van der Waals surface area contributed by atoms with Crippen LogP contribution in [0.2, 0.25) is 0 Å². The molecule has 3 aliphatic heterocycles. The van der Waals surface area contributed by atoms with Crippen molar-refractivity contribution in [3.63, 3.8) is 0 Å². The molecule has 3 aliphatic rings. The molecule has 5 unspecified atom stereocenters. The number of fused-ring (bicyclic) bond motifs is 2. The highest BCUT2D eigenvalue weighted by atomic mass is 16.8. The summed E-state index contributed by atoms with van der Waals surface area (Å²) in [5, 5.41) is 45.1. The lowest BCUT2D eigenvalue weighted by Crippen LogP contribution is -2.90. The highest BCUT2D eigenvalue weighted by molar-refractivity contribution is 5.95. The van der Waals surface area contributed by atoms with Gasteiger partial charge in [-0.15, -0.1) is 0 Å². The minimum absolute atomic E-state index is 0.0836. The average molecular weight is 775 g/mol. The quantitative estimate of drug-likeness (QED) is 0.0929. The summed E-state index contributed by atoms with van der Waals surface area (Å²) in [6.45, 7) is 19.8. The third-order valence-corrected chi connectivity index (χ3v) is 10.3. The lowest BCUT2D eigenvalue weighted by atomic mass is 9.64. The van der Waals surface area contributed by atoms with Crippen LogP contribution in [0.4, 0.5) is 11.5 Å². The fraction of sp³-hybridized carbons (Fsp3) is 0.489. The monoisotopic (exact) mass is 774 g/mol. The number of aryl methyl sites for hydroxylation is 1. The first kappa shape index (κ1) is 47.9. The third kappa shape index (κ3) is 12.1. The normalized spacial score (nSPS) is 24.3. The SMILES string of the molecule is C=C/C=C(\C=C)[C@H](CCC)CCc1ccccc1NC(=O)C(C)(C)CO.CC(C)C1OC2(CO)OC(C)(C1O)C2(C)O.CNc1ccccn1.c1ccncc1. The first-order valence-electron chi connectivity index (χ1n) is 19.3. The number of para-hydroxylation sites is 1. The minimum Gasteiger partial charge on any atom is -0.395 e. The molecule has 2 bridgehead atoms. The van der Waals surface area contributed by atoms with Crippen LogP contribution in [0.25, 0.3) is 0 Å². The first-order valence-corrected chi connectivity index (χ1v) is 19.3. The highest BCUT2D eigenvalue weighted by Crippen LogP contribution is 2.58.